The lowest BCUT2D eigenvalue weighted by atomic mass is 10.1. The monoisotopic (exact) mass is 287 g/mol. The Morgan fingerprint density at radius 1 is 1.20 bits per heavy atom. The van der Waals surface area contributed by atoms with Gasteiger partial charge < -0.3 is 10.5 Å². The van der Waals surface area contributed by atoms with Crippen molar-refractivity contribution in [1.82, 2.24) is 0 Å². The number of hydrogen-bond acceptors (Lipinski definition) is 3. The summed E-state index contributed by atoms with van der Waals surface area (Å²) < 4.78 is 5.44. The van der Waals surface area contributed by atoms with Gasteiger partial charge in [-0.25, -0.2) is 0 Å². The first kappa shape index (κ1) is 14.9. The molecule has 1 atom stereocenters. The Morgan fingerprint density at radius 2 is 1.95 bits per heavy atom. The van der Waals surface area contributed by atoms with Gasteiger partial charge in [-0.3, -0.25) is 0 Å². The maximum atomic E-state index is 5.96. The minimum Gasteiger partial charge on any atom is -0.496 e. The highest BCUT2D eigenvalue weighted by atomic mass is 32.2. The molecule has 20 heavy (non-hydrogen) atoms. The zero-order valence-electron chi connectivity index (χ0n) is 12.2. The molecule has 0 aliphatic rings. The van der Waals surface area contributed by atoms with Crippen LogP contribution in [0, 0.1) is 6.92 Å². The van der Waals surface area contributed by atoms with E-state index in [1.807, 2.05) is 30.8 Å². The molecule has 2 N–H and O–H groups in total. The number of ether oxygens (including phenoxy) is 1. The second-order valence-corrected chi connectivity index (χ2v) is 5.93. The fraction of sp³-hybridized carbons (Fsp3) is 0.294. The van der Waals surface area contributed by atoms with Crippen molar-refractivity contribution in [3.63, 3.8) is 0 Å². The molecule has 2 rings (SSSR count). The van der Waals surface area contributed by atoms with Crippen molar-refractivity contribution in [2.45, 2.75) is 30.5 Å². The Bertz CT molecular complexity index is 581. The predicted molar refractivity (Wildman–Crippen MR) is 86.3 cm³/mol. The van der Waals surface area contributed by atoms with Crippen molar-refractivity contribution >= 4 is 11.8 Å². The fourth-order valence-corrected chi connectivity index (χ4v) is 3.08. The maximum absolute atomic E-state index is 5.96. The fourth-order valence-electron chi connectivity index (χ4n) is 2.07. The summed E-state index contributed by atoms with van der Waals surface area (Å²) in [6.45, 7) is 4.14. The molecule has 0 saturated carbocycles. The minimum atomic E-state index is 0.0446. The van der Waals surface area contributed by atoms with E-state index in [0.29, 0.717) is 0 Å². The van der Waals surface area contributed by atoms with Crippen molar-refractivity contribution in [2.75, 3.05) is 7.11 Å². The smallest absolute Gasteiger partial charge is 0.122 e. The molecule has 0 radical (unpaired) electrons. The van der Waals surface area contributed by atoms with E-state index in [1.54, 1.807) is 7.11 Å². The summed E-state index contributed by atoms with van der Waals surface area (Å²) in [6, 6.07) is 14.7. The zero-order chi connectivity index (χ0) is 14.5. The van der Waals surface area contributed by atoms with Crippen molar-refractivity contribution < 1.29 is 4.74 Å². The molecule has 3 heteroatoms. The van der Waals surface area contributed by atoms with E-state index in [-0.39, 0.29) is 6.04 Å². The minimum absolute atomic E-state index is 0.0446. The number of nitrogens with two attached hydrogens (primary N) is 1. The van der Waals surface area contributed by atoms with Gasteiger partial charge >= 0.3 is 0 Å². The maximum Gasteiger partial charge on any atom is 0.122 e. The summed E-state index contributed by atoms with van der Waals surface area (Å²) in [6.07, 6.45) is 0. The number of methoxy groups -OCH3 is 1. The zero-order valence-corrected chi connectivity index (χ0v) is 13.0. The molecule has 106 valence electrons. The van der Waals surface area contributed by atoms with Crippen molar-refractivity contribution in [3.8, 4) is 5.75 Å². The van der Waals surface area contributed by atoms with Crippen LogP contribution in [0.5, 0.6) is 5.75 Å². The molecule has 2 aromatic rings. The van der Waals surface area contributed by atoms with E-state index in [1.165, 1.54) is 16.0 Å². The molecule has 0 aliphatic heterocycles. The highest BCUT2D eigenvalue weighted by Gasteiger charge is 2.08. The van der Waals surface area contributed by atoms with Crippen LogP contribution in [0.3, 0.4) is 0 Å². The Balaban J connectivity index is 2.19. The van der Waals surface area contributed by atoms with Crippen LogP contribution < -0.4 is 10.5 Å². The van der Waals surface area contributed by atoms with E-state index in [0.717, 1.165) is 17.1 Å². The van der Waals surface area contributed by atoms with E-state index in [4.69, 9.17) is 10.5 Å². The lowest BCUT2D eigenvalue weighted by Gasteiger charge is -2.13. The molecule has 0 bridgehead atoms. The Hall–Kier alpha value is -1.45. The number of hydrogen-bond donors (Lipinski definition) is 1. The van der Waals surface area contributed by atoms with Crippen molar-refractivity contribution in [3.05, 3.63) is 59.2 Å². The van der Waals surface area contributed by atoms with Crippen molar-refractivity contribution in [2.24, 2.45) is 5.73 Å². The molecule has 0 aromatic heterocycles. The van der Waals surface area contributed by atoms with E-state index in [2.05, 4.69) is 37.3 Å². The van der Waals surface area contributed by atoms with Crippen LogP contribution in [0.25, 0.3) is 0 Å². The number of aryl methyl sites for hydroxylation is 1. The van der Waals surface area contributed by atoms with Gasteiger partial charge in [0.05, 0.1) is 7.11 Å². The van der Waals surface area contributed by atoms with Gasteiger partial charge in [0.15, 0.2) is 0 Å². The predicted octanol–water partition coefficient (Wildman–Crippen LogP) is 4.32. The normalized spacial score (nSPS) is 12.2. The molecule has 0 saturated heterocycles. The van der Waals surface area contributed by atoms with E-state index < -0.39 is 0 Å². The molecule has 2 nitrogen and oxygen atoms in total. The standard InChI is InChI=1S/C17H21NOS/c1-12-6-4-5-7-17(12)20-11-15-10-14(13(2)18)8-9-16(15)19-3/h4-10,13H,11,18H2,1-3H3. The number of thioether (sulfide) groups is 1. The first-order chi connectivity index (χ1) is 9.61. The second kappa shape index (κ2) is 6.82. The van der Waals surface area contributed by atoms with Crippen LogP contribution in [0.2, 0.25) is 0 Å². The third-order valence-electron chi connectivity index (χ3n) is 3.31. The highest BCUT2D eigenvalue weighted by molar-refractivity contribution is 7.98. The molecule has 0 aliphatic carbocycles. The molecule has 0 heterocycles. The Morgan fingerprint density at radius 3 is 2.60 bits per heavy atom. The Kier molecular flexibility index (Phi) is 5.10. The molecule has 0 spiro atoms. The van der Waals surface area contributed by atoms with Gasteiger partial charge in [0.1, 0.15) is 5.75 Å². The summed E-state index contributed by atoms with van der Waals surface area (Å²) in [4.78, 5) is 1.31. The average molecular weight is 287 g/mol. The molecule has 1 unspecified atom stereocenters. The van der Waals surface area contributed by atoms with Crippen molar-refractivity contribution in [1.29, 1.82) is 0 Å². The Labute approximate surface area is 125 Å². The van der Waals surface area contributed by atoms with Crippen LogP contribution in [0.15, 0.2) is 47.4 Å². The molecular formula is C17H21NOS. The third kappa shape index (κ3) is 3.56. The van der Waals surface area contributed by atoms with Gasteiger partial charge in [0, 0.05) is 22.3 Å². The average Bonchev–Trinajstić information content (AvgIpc) is 2.46. The molecular weight excluding hydrogens is 266 g/mol. The van der Waals surface area contributed by atoms with Crippen LogP contribution in [-0.2, 0) is 5.75 Å². The highest BCUT2D eigenvalue weighted by Crippen LogP contribution is 2.31. The van der Waals surface area contributed by atoms with Crippen LogP contribution in [0.1, 0.15) is 29.7 Å². The van der Waals surface area contributed by atoms with Gasteiger partial charge in [-0.2, -0.15) is 0 Å². The van der Waals surface area contributed by atoms with Gasteiger partial charge in [-0.1, -0.05) is 24.3 Å². The summed E-state index contributed by atoms with van der Waals surface area (Å²) in [7, 11) is 1.71. The van der Waals surface area contributed by atoms with Crippen LogP contribution in [0.4, 0.5) is 0 Å². The number of rotatable bonds is 5. The largest absolute Gasteiger partial charge is 0.496 e. The summed E-state index contributed by atoms with van der Waals surface area (Å²) in [5, 5.41) is 0. The van der Waals surface area contributed by atoms with Crippen LogP contribution >= 0.6 is 11.8 Å². The quantitative estimate of drug-likeness (QED) is 0.832. The third-order valence-corrected chi connectivity index (χ3v) is 4.53. The SMILES string of the molecule is COc1ccc(C(C)N)cc1CSc1ccccc1C. The van der Waals surface area contributed by atoms with Gasteiger partial charge in [0.2, 0.25) is 0 Å². The van der Waals surface area contributed by atoms with Crippen LogP contribution in [-0.4, -0.2) is 7.11 Å². The lowest BCUT2D eigenvalue weighted by Crippen LogP contribution is -2.05. The molecule has 2 aromatic carbocycles. The van der Waals surface area contributed by atoms with Gasteiger partial charge in [-0.15, -0.1) is 11.8 Å². The summed E-state index contributed by atoms with van der Waals surface area (Å²) in [5.74, 6) is 1.81. The van der Waals surface area contributed by atoms with E-state index >= 15 is 0 Å². The van der Waals surface area contributed by atoms with Gasteiger partial charge in [-0.05, 0) is 43.2 Å². The summed E-state index contributed by atoms with van der Waals surface area (Å²) >= 11 is 1.83. The lowest BCUT2D eigenvalue weighted by molar-refractivity contribution is 0.411. The first-order valence-electron chi connectivity index (χ1n) is 6.72. The topological polar surface area (TPSA) is 35.2 Å². The summed E-state index contributed by atoms with van der Waals surface area (Å²) in [5.41, 5.74) is 9.60. The van der Waals surface area contributed by atoms with Gasteiger partial charge in [0.25, 0.3) is 0 Å². The molecule has 0 fully saturated rings. The number of benzene rings is 2. The first-order valence-corrected chi connectivity index (χ1v) is 7.71. The molecule has 0 amide bonds. The van der Waals surface area contributed by atoms with E-state index in [9.17, 15) is 0 Å². The second-order valence-electron chi connectivity index (χ2n) is 4.91.